The van der Waals surface area contributed by atoms with Gasteiger partial charge in [0.05, 0.1) is 13.2 Å². The molecule has 0 N–H and O–H groups in total. The van der Waals surface area contributed by atoms with Crippen LogP contribution in [0.15, 0.2) is 5.18 Å². The van der Waals surface area contributed by atoms with E-state index in [1.807, 2.05) is 0 Å². The Balaban J connectivity index is 4.17. The Morgan fingerprint density at radius 3 is 2.50 bits per heavy atom. The monoisotopic (exact) mass is 203 g/mol. The number of nitroso groups, excluding NO2 is 1. The third-order valence-corrected chi connectivity index (χ3v) is 1.47. The first-order valence-electron chi connectivity index (χ1n) is 4.18. The summed E-state index contributed by atoms with van der Waals surface area (Å²) in [7, 11) is 1.42. The van der Waals surface area contributed by atoms with Crippen LogP contribution in [0.1, 0.15) is 13.3 Å². The molecular weight excluding hydrogens is 190 g/mol. The van der Waals surface area contributed by atoms with Crippen molar-refractivity contribution in [3.05, 3.63) is 4.91 Å². The fourth-order valence-corrected chi connectivity index (χ4v) is 0.794. The van der Waals surface area contributed by atoms with Gasteiger partial charge < -0.3 is 9.47 Å². The lowest BCUT2D eigenvalue weighted by atomic mass is 10.1. The highest BCUT2D eigenvalue weighted by Crippen LogP contribution is 2.00. The van der Waals surface area contributed by atoms with Gasteiger partial charge in [-0.05, 0) is 12.1 Å². The van der Waals surface area contributed by atoms with Crippen LogP contribution in [0.3, 0.4) is 0 Å². The van der Waals surface area contributed by atoms with Crippen LogP contribution in [0.5, 0.6) is 0 Å². The zero-order chi connectivity index (χ0) is 11.0. The summed E-state index contributed by atoms with van der Waals surface area (Å²) in [6.45, 7) is 1.85. The van der Waals surface area contributed by atoms with E-state index in [2.05, 4.69) is 14.7 Å². The standard InChI is InChI=1S/C8H13NO5/c1-3-14-8(11)7(9-12)6(10)4-5-13-2/h7H,3-5H2,1-2H3. The zero-order valence-electron chi connectivity index (χ0n) is 8.19. The second-order valence-corrected chi connectivity index (χ2v) is 2.47. The van der Waals surface area contributed by atoms with Crippen molar-refractivity contribution in [3.63, 3.8) is 0 Å². The number of rotatable bonds is 7. The molecule has 0 heterocycles. The number of hydrogen-bond donors (Lipinski definition) is 0. The summed E-state index contributed by atoms with van der Waals surface area (Å²) in [5.41, 5.74) is 0. The van der Waals surface area contributed by atoms with Gasteiger partial charge in [-0.1, -0.05) is 0 Å². The van der Waals surface area contributed by atoms with Crippen LogP contribution in [0.25, 0.3) is 0 Å². The molecule has 80 valence electrons. The first-order chi connectivity index (χ1) is 6.67. The molecule has 0 aliphatic heterocycles. The van der Waals surface area contributed by atoms with Crippen molar-refractivity contribution < 1.29 is 19.1 Å². The molecule has 0 aromatic carbocycles. The summed E-state index contributed by atoms with van der Waals surface area (Å²) in [4.78, 5) is 32.4. The Labute approximate surface area is 81.5 Å². The van der Waals surface area contributed by atoms with Gasteiger partial charge in [0.15, 0.2) is 5.78 Å². The van der Waals surface area contributed by atoms with E-state index in [1.165, 1.54) is 7.11 Å². The number of nitrogens with zero attached hydrogens (tertiary/aromatic N) is 1. The Morgan fingerprint density at radius 2 is 2.07 bits per heavy atom. The third kappa shape index (κ3) is 4.08. The lowest BCUT2D eigenvalue weighted by Gasteiger charge is -2.06. The summed E-state index contributed by atoms with van der Waals surface area (Å²) < 4.78 is 9.13. The van der Waals surface area contributed by atoms with E-state index in [1.54, 1.807) is 6.92 Å². The Kier molecular flexibility index (Phi) is 6.47. The van der Waals surface area contributed by atoms with E-state index in [0.29, 0.717) is 0 Å². The van der Waals surface area contributed by atoms with Gasteiger partial charge in [-0.3, -0.25) is 4.79 Å². The van der Waals surface area contributed by atoms with Crippen molar-refractivity contribution in [2.24, 2.45) is 5.18 Å². The molecule has 0 aliphatic rings. The Hall–Kier alpha value is -1.30. The largest absolute Gasteiger partial charge is 0.464 e. The van der Waals surface area contributed by atoms with Gasteiger partial charge in [0.1, 0.15) is 0 Å². The lowest BCUT2D eigenvalue weighted by Crippen LogP contribution is -2.30. The van der Waals surface area contributed by atoms with Crippen LogP contribution < -0.4 is 0 Å². The smallest absolute Gasteiger partial charge is 0.342 e. The number of Topliss-reactive ketones (excluding diaryl/α,β-unsaturated/α-hetero) is 1. The molecule has 6 heteroatoms. The van der Waals surface area contributed by atoms with Crippen molar-refractivity contribution in [1.82, 2.24) is 0 Å². The normalized spacial score (nSPS) is 11.9. The number of hydrogen-bond acceptors (Lipinski definition) is 6. The molecule has 0 saturated heterocycles. The minimum absolute atomic E-state index is 0.0221. The minimum Gasteiger partial charge on any atom is -0.464 e. The average molecular weight is 203 g/mol. The molecule has 0 radical (unpaired) electrons. The highest BCUT2D eigenvalue weighted by atomic mass is 16.5. The second kappa shape index (κ2) is 7.14. The van der Waals surface area contributed by atoms with Gasteiger partial charge in [-0.25, -0.2) is 4.79 Å². The van der Waals surface area contributed by atoms with E-state index in [9.17, 15) is 14.5 Å². The maximum absolute atomic E-state index is 11.2. The summed E-state index contributed by atoms with van der Waals surface area (Å²) in [5, 5.41) is 2.43. The van der Waals surface area contributed by atoms with E-state index in [0.717, 1.165) is 0 Å². The molecule has 0 amide bonds. The van der Waals surface area contributed by atoms with Gasteiger partial charge in [0.25, 0.3) is 0 Å². The molecule has 0 aromatic rings. The number of esters is 1. The van der Waals surface area contributed by atoms with Gasteiger partial charge in [-0.2, -0.15) is 0 Å². The van der Waals surface area contributed by atoms with Crippen LogP contribution in [-0.4, -0.2) is 38.1 Å². The average Bonchev–Trinajstić information content (AvgIpc) is 2.16. The molecule has 0 rings (SSSR count). The summed E-state index contributed by atoms with van der Waals surface area (Å²) in [5.74, 6) is -1.48. The minimum atomic E-state index is -1.55. The van der Waals surface area contributed by atoms with Crippen LogP contribution in [-0.2, 0) is 19.1 Å². The molecule has 1 unspecified atom stereocenters. The number of methoxy groups -OCH3 is 1. The summed E-state index contributed by atoms with van der Waals surface area (Å²) in [6, 6.07) is -1.55. The van der Waals surface area contributed by atoms with Crippen LogP contribution in [0.2, 0.25) is 0 Å². The second-order valence-electron chi connectivity index (χ2n) is 2.47. The molecule has 0 spiro atoms. The van der Waals surface area contributed by atoms with Crippen molar-refractivity contribution in [2.75, 3.05) is 20.3 Å². The van der Waals surface area contributed by atoms with Crippen molar-refractivity contribution >= 4 is 11.8 Å². The summed E-state index contributed by atoms with van der Waals surface area (Å²) in [6.07, 6.45) is -0.0221. The van der Waals surface area contributed by atoms with Gasteiger partial charge in [0.2, 0.25) is 6.04 Å². The van der Waals surface area contributed by atoms with Crippen LogP contribution in [0.4, 0.5) is 0 Å². The first-order valence-corrected chi connectivity index (χ1v) is 4.18. The van der Waals surface area contributed by atoms with E-state index in [-0.39, 0.29) is 19.6 Å². The third-order valence-electron chi connectivity index (χ3n) is 1.47. The molecule has 0 bridgehead atoms. The maximum atomic E-state index is 11.2. The predicted molar refractivity (Wildman–Crippen MR) is 47.7 cm³/mol. The van der Waals surface area contributed by atoms with Gasteiger partial charge in [0, 0.05) is 13.5 Å². The molecule has 1 atom stereocenters. The van der Waals surface area contributed by atoms with Crippen LogP contribution >= 0.6 is 0 Å². The van der Waals surface area contributed by atoms with E-state index < -0.39 is 17.8 Å². The quantitative estimate of drug-likeness (QED) is 0.337. The molecule has 0 aliphatic carbocycles. The zero-order valence-corrected chi connectivity index (χ0v) is 8.19. The molecule has 0 fully saturated rings. The van der Waals surface area contributed by atoms with E-state index >= 15 is 0 Å². The van der Waals surface area contributed by atoms with E-state index in [4.69, 9.17) is 0 Å². The van der Waals surface area contributed by atoms with Crippen molar-refractivity contribution in [1.29, 1.82) is 0 Å². The van der Waals surface area contributed by atoms with Crippen LogP contribution in [0, 0.1) is 4.91 Å². The molecule has 0 aromatic heterocycles. The SMILES string of the molecule is CCOC(=O)C(N=O)C(=O)CCOC. The molecule has 6 nitrogen and oxygen atoms in total. The highest BCUT2D eigenvalue weighted by Gasteiger charge is 2.28. The maximum Gasteiger partial charge on any atom is 0.342 e. The number of carbonyl (C=O) groups is 2. The molecule has 14 heavy (non-hydrogen) atoms. The number of ether oxygens (including phenoxy) is 2. The highest BCUT2D eigenvalue weighted by molar-refractivity contribution is 6.03. The van der Waals surface area contributed by atoms with Gasteiger partial charge in [-0.15, -0.1) is 4.91 Å². The topological polar surface area (TPSA) is 82.0 Å². The Bertz CT molecular complexity index is 216. The van der Waals surface area contributed by atoms with Crippen molar-refractivity contribution in [3.8, 4) is 0 Å². The molecular formula is C8H13NO5. The Morgan fingerprint density at radius 1 is 1.43 bits per heavy atom. The fraction of sp³-hybridized carbons (Fsp3) is 0.750. The summed E-state index contributed by atoms with van der Waals surface area (Å²) >= 11 is 0. The predicted octanol–water partition coefficient (Wildman–Crippen LogP) is 0.290. The number of carbonyl (C=O) groups excluding carboxylic acids is 2. The van der Waals surface area contributed by atoms with Crippen molar-refractivity contribution in [2.45, 2.75) is 19.4 Å². The first kappa shape index (κ1) is 12.7. The lowest BCUT2D eigenvalue weighted by molar-refractivity contribution is -0.147. The molecule has 0 saturated carbocycles. The fourth-order valence-electron chi connectivity index (χ4n) is 0.794. The number of ketones is 1. The van der Waals surface area contributed by atoms with Gasteiger partial charge >= 0.3 is 5.97 Å².